The maximum absolute atomic E-state index is 12.2. The molecule has 0 saturated carbocycles. The van der Waals surface area contributed by atoms with Gasteiger partial charge in [0.1, 0.15) is 35.7 Å². The lowest BCUT2D eigenvalue weighted by atomic mass is 9.98. The molecule has 1 saturated heterocycles. The zero-order valence-corrected chi connectivity index (χ0v) is 22.4. The van der Waals surface area contributed by atoms with Crippen LogP contribution >= 0.6 is 11.8 Å². The first-order chi connectivity index (χ1) is 17.3. The van der Waals surface area contributed by atoms with Crippen molar-refractivity contribution in [1.29, 1.82) is 0 Å². The molecule has 3 aromatic rings. The summed E-state index contributed by atoms with van der Waals surface area (Å²) in [5.41, 5.74) is 1.23. The first-order valence-corrected chi connectivity index (χ1v) is 13.4. The molecule has 192 valence electrons. The van der Waals surface area contributed by atoms with E-state index in [2.05, 4.69) is 57.8 Å². The molecule has 2 aliphatic rings. The first kappa shape index (κ1) is 24.8. The third kappa shape index (κ3) is 4.64. The number of piperidine rings is 1. The van der Waals surface area contributed by atoms with E-state index in [-0.39, 0.29) is 12.0 Å². The van der Waals surface area contributed by atoms with Crippen molar-refractivity contribution < 1.29 is 14.3 Å². The van der Waals surface area contributed by atoms with Gasteiger partial charge in [0.25, 0.3) is 0 Å². The summed E-state index contributed by atoms with van der Waals surface area (Å²) in [7, 11) is 1.46. The van der Waals surface area contributed by atoms with Crippen molar-refractivity contribution in [2.75, 3.05) is 26.8 Å². The van der Waals surface area contributed by atoms with Gasteiger partial charge in [-0.2, -0.15) is 5.10 Å². The second-order valence-electron chi connectivity index (χ2n) is 10.1. The number of likely N-dealkylation sites (tertiary alicyclic amines) is 1. The highest BCUT2D eigenvalue weighted by atomic mass is 32.2. The van der Waals surface area contributed by atoms with E-state index < -0.39 is 5.54 Å². The molecular weight excluding hydrogens is 476 g/mol. The molecule has 0 unspecified atom stereocenters. The van der Waals surface area contributed by atoms with Gasteiger partial charge in [-0.25, -0.2) is 14.6 Å². The van der Waals surface area contributed by atoms with Crippen LogP contribution in [0, 0.1) is 0 Å². The number of hydrogen-bond donors (Lipinski definition) is 0. The number of rotatable bonds is 6. The van der Waals surface area contributed by atoms with Crippen LogP contribution in [0.5, 0.6) is 5.75 Å². The highest BCUT2D eigenvalue weighted by Gasteiger charge is 2.38. The predicted molar refractivity (Wildman–Crippen MR) is 139 cm³/mol. The average molecular weight is 511 g/mol. The quantitative estimate of drug-likeness (QED) is 0.454. The number of methoxy groups -OCH3 is 1. The van der Waals surface area contributed by atoms with Crippen molar-refractivity contribution in [2.24, 2.45) is 0 Å². The summed E-state index contributed by atoms with van der Waals surface area (Å²) in [5.74, 6) is 2.35. The van der Waals surface area contributed by atoms with Crippen LogP contribution in [0.3, 0.4) is 0 Å². The van der Waals surface area contributed by atoms with Crippen LogP contribution in [0.25, 0.3) is 22.9 Å². The first-order valence-electron chi connectivity index (χ1n) is 12.5. The minimum Gasteiger partial charge on any atom is -0.491 e. The number of thioether (sulfide) groups is 1. The Morgan fingerprint density at radius 2 is 1.97 bits per heavy atom. The Balaban J connectivity index is 1.35. The predicted octanol–water partition coefficient (Wildman–Crippen LogP) is 4.29. The molecule has 0 amide bonds. The molecule has 2 aromatic heterocycles. The molecular formula is C26H34N6O3S. The van der Waals surface area contributed by atoms with E-state index in [1.54, 1.807) is 6.33 Å². The standard InChI is InChI=1S/C26H34N6O3S/c1-17(2)32-24(27-16-28-32)21-15-30-12-13-35-22-7-6-19(14-20(22)23(30)29-21)36-18-8-10-31(11-9-18)26(3,4)25(33)34-5/h6-7,14-18H,8-13H2,1-5H3. The topological polar surface area (TPSA) is 87.3 Å². The largest absolute Gasteiger partial charge is 0.491 e. The molecule has 0 radical (unpaired) electrons. The molecule has 5 rings (SSSR count). The van der Waals surface area contributed by atoms with E-state index in [1.165, 1.54) is 12.0 Å². The monoisotopic (exact) mass is 510 g/mol. The molecule has 0 spiro atoms. The van der Waals surface area contributed by atoms with Crippen LogP contribution in [0.15, 0.2) is 35.6 Å². The Bertz CT molecular complexity index is 1240. The molecule has 0 aliphatic carbocycles. The fraction of sp³-hybridized carbons (Fsp3) is 0.538. The molecule has 0 bridgehead atoms. The third-order valence-corrected chi connectivity index (χ3v) is 8.40. The number of carbonyl (C=O) groups excluding carboxylic acids is 1. The van der Waals surface area contributed by atoms with E-state index in [0.717, 1.165) is 61.1 Å². The zero-order chi connectivity index (χ0) is 25.4. The smallest absolute Gasteiger partial charge is 0.325 e. The van der Waals surface area contributed by atoms with Gasteiger partial charge >= 0.3 is 5.97 Å². The van der Waals surface area contributed by atoms with E-state index in [4.69, 9.17) is 14.5 Å². The second kappa shape index (κ2) is 9.89. The fourth-order valence-corrected chi connectivity index (χ4v) is 6.13. The lowest BCUT2D eigenvalue weighted by Gasteiger charge is -2.40. The van der Waals surface area contributed by atoms with E-state index >= 15 is 0 Å². The molecule has 10 heteroatoms. The minimum atomic E-state index is -0.597. The summed E-state index contributed by atoms with van der Waals surface area (Å²) in [4.78, 5) is 25.1. The SMILES string of the molecule is COC(=O)C(C)(C)N1CCC(Sc2ccc3c(c2)-c2nc(-c4ncnn4C(C)C)cn2CCO3)CC1. The highest BCUT2D eigenvalue weighted by Crippen LogP contribution is 2.39. The number of aromatic nitrogens is 5. The summed E-state index contributed by atoms with van der Waals surface area (Å²) < 4.78 is 15.1. The fourth-order valence-electron chi connectivity index (χ4n) is 4.96. The summed E-state index contributed by atoms with van der Waals surface area (Å²) in [5, 5.41) is 4.86. The average Bonchev–Trinajstić information content (AvgIpc) is 3.49. The van der Waals surface area contributed by atoms with E-state index in [0.29, 0.717) is 11.9 Å². The summed E-state index contributed by atoms with van der Waals surface area (Å²) in [6.45, 7) is 11.1. The van der Waals surface area contributed by atoms with Crippen molar-refractivity contribution >= 4 is 17.7 Å². The second-order valence-corrected chi connectivity index (χ2v) is 11.5. The lowest BCUT2D eigenvalue weighted by molar-refractivity contribution is -0.153. The van der Waals surface area contributed by atoms with Crippen molar-refractivity contribution in [3.05, 3.63) is 30.7 Å². The molecule has 36 heavy (non-hydrogen) atoms. The Morgan fingerprint density at radius 3 is 2.69 bits per heavy atom. The Morgan fingerprint density at radius 1 is 1.19 bits per heavy atom. The number of nitrogens with zero attached hydrogens (tertiary/aromatic N) is 6. The number of ether oxygens (including phenoxy) is 2. The van der Waals surface area contributed by atoms with E-state index in [1.807, 2.05) is 30.3 Å². The number of benzene rings is 1. The van der Waals surface area contributed by atoms with Gasteiger partial charge in [-0.1, -0.05) is 0 Å². The maximum atomic E-state index is 12.2. The normalized spacial score (nSPS) is 16.8. The molecule has 4 heterocycles. The number of imidazole rings is 1. The van der Waals surface area contributed by atoms with Crippen LogP contribution in [0.4, 0.5) is 0 Å². The van der Waals surface area contributed by atoms with Gasteiger partial charge in [-0.3, -0.25) is 9.69 Å². The maximum Gasteiger partial charge on any atom is 0.325 e. The summed E-state index contributed by atoms with van der Waals surface area (Å²) in [6.07, 6.45) is 5.67. The molecule has 9 nitrogen and oxygen atoms in total. The van der Waals surface area contributed by atoms with Gasteiger partial charge in [-0.15, -0.1) is 11.8 Å². The highest BCUT2D eigenvalue weighted by molar-refractivity contribution is 8.00. The number of carbonyl (C=O) groups is 1. The third-order valence-electron chi connectivity index (χ3n) is 7.07. The van der Waals surface area contributed by atoms with Crippen LogP contribution in [0.1, 0.15) is 46.6 Å². The van der Waals surface area contributed by atoms with Crippen LogP contribution in [-0.2, 0) is 16.1 Å². The van der Waals surface area contributed by atoms with Crippen molar-refractivity contribution in [1.82, 2.24) is 29.2 Å². The van der Waals surface area contributed by atoms with Gasteiger partial charge in [0, 0.05) is 35.5 Å². The van der Waals surface area contributed by atoms with Crippen LogP contribution in [-0.4, -0.2) is 72.8 Å². The molecule has 1 aromatic carbocycles. The number of fused-ring (bicyclic) bond motifs is 3. The van der Waals surface area contributed by atoms with Gasteiger partial charge in [0.15, 0.2) is 5.82 Å². The van der Waals surface area contributed by atoms with Crippen molar-refractivity contribution in [3.63, 3.8) is 0 Å². The van der Waals surface area contributed by atoms with Gasteiger partial charge < -0.3 is 14.0 Å². The molecule has 0 atom stereocenters. The van der Waals surface area contributed by atoms with Crippen molar-refractivity contribution in [3.8, 4) is 28.7 Å². The lowest BCUT2D eigenvalue weighted by Crippen LogP contribution is -2.53. The molecule has 1 fully saturated rings. The number of esters is 1. The Labute approximate surface area is 216 Å². The summed E-state index contributed by atoms with van der Waals surface area (Å²) in [6, 6.07) is 6.61. The van der Waals surface area contributed by atoms with Crippen LogP contribution in [0.2, 0.25) is 0 Å². The van der Waals surface area contributed by atoms with Crippen molar-refractivity contribution in [2.45, 2.75) is 68.8 Å². The Kier molecular flexibility index (Phi) is 6.82. The Hall–Kier alpha value is -2.85. The van der Waals surface area contributed by atoms with Crippen LogP contribution < -0.4 is 4.74 Å². The molecule has 2 aliphatic heterocycles. The summed E-state index contributed by atoms with van der Waals surface area (Å²) >= 11 is 1.89. The van der Waals surface area contributed by atoms with E-state index in [9.17, 15) is 4.79 Å². The van der Waals surface area contributed by atoms with Gasteiger partial charge in [0.05, 0.1) is 19.2 Å². The minimum absolute atomic E-state index is 0.180. The molecule has 0 N–H and O–H groups in total. The zero-order valence-electron chi connectivity index (χ0n) is 21.6. The number of hydrogen-bond acceptors (Lipinski definition) is 8. The van der Waals surface area contributed by atoms with Gasteiger partial charge in [-0.05, 0) is 58.7 Å². The van der Waals surface area contributed by atoms with Gasteiger partial charge in [0.2, 0.25) is 0 Å².